The summed E-state index contributed by atoms with van der Waals surface area (Å²) in [6, 6.07) is 8.05. The summed E-state index contributed by atoms with van der Waals surface area (Å²) in [6.45, 7) is 3.07. The van der Waals surface area contributed by atoms with Crippen molar-refractivity contribution in [1.82, 2.24) is 19.9 Å². The van der Waals surface area contributed by atoms with Crippen molar-refractivity contribution in [2.24, 2.45) is 0 Å². The number of aromatic amines is 1. The molecule has 6 nitrogen and oxygen atoms in total. The number of imidazole rings is 1. The molecule has 1 atom stereocenters. The molecule has 4 rings (SSSR count). The van der Waals surface area contributed by atoms with Crippen molar-refractivity contribution >= 4 is 0 Å². The van der Waals surface area contributed by atoms with Crippen molar-refractivity contribution in [2.45, 2.75) is 19.3 Å². The van der Waals surface area contributed by atoms with Crippen molar-refractivity contribution in [2.75, 3.05) is 13.2 Å². The van der Waals surface area contributed by atoms with Crippen LogP contribution < -0.4 is 9.47 Å². The van der Waals surface area contributed by atoms with Crippen LogP contribution in [0.25, 0.3) is 0 Å². The average molecular weight is 322 g/mol. The fourth-order valence-electron chi connectivity index (χ4n) is 2.97. The molecule has 3 aromatic rings. The van der Waals surface area contributed by atoms with E-state index in [2.05, 4.69) is 26.0 Å². The van der Waals surface area contributed by atoms with E-state index in [9.17, 15) is 0 Å². The monoisotopic (exact) mass is 322 g/mol. The number of aromatic nitrogens is 4. The van der Waals surface area contributed by atoms with Crippen molar-refractivity contribution < 1.29 is 9.47 Å². The number of nitrogens with one attached hydrogen (secondary N) is 1. The number of ether oxygens (including phenoxy) is 2. The van der Waals surface area contributed by atoms with Crippen LogP contribution in [0.15, 0.2) is 43.0 Å². The van der Waals surface area contributed by atoms with Gasteiger partial charge in [0.2, 0.25) is 0 Å². The van der Waals surface area contributed by atoms with E-state index >= 15 is 0 Å². The molecule has 122 valence electrons. The minimum absolute atomic E-state index is 0.109. The van der Waals surface area contributed by atoms with Gasteiger partial charge in [0.25, 0.3) is 0 Å². The van der Waals surface area contributed by atoms with Gasteiger partial charge >= 0.3 is 0 Å². The maximum Gasteiger partial charge on any atom is 0.161 e. The van der Waals surface area contributed by atoms with Crippen molar-refractivity contribution in [1.29, 1.82) is 0 Å². The summed E-state index contributed by atoms with van der Waals surface area (Å²) in [5.74, 6) is 2.48. The standard InChI is InChI=1S/C18H18N4O2/c1-12-20-5-4-14(22-12)9-15(16-10-19-11-21-16)13-2-3-17-18(8-13)24-7-6-23-17/h2-5,8,10-11,15H,6-7,9H2,1H3,(H,19,21). The maximum absolute atomic E-state index is 5.72. The SMILES string of the molecule is Cc1nccc(CC(c2ccc3c(c2)OCCO3)c2cnc[nH]2)n1. The Morgan fingerprint density at radius 2 is 2.04 bits per heavy atom. The zero-order valence-corrected chi connectivity index (χ0v) is 13.4. The molecule has 1 unspecified atom stereocenters. The predicted octanol–water partition coefficient (Wildman–Crippen LogP) is 2.65. The molecule has 2 aromatic heterocycles. The molecule has 1 aromatic carbocycles. The van der Waals surface area contributed by atoms with Crippen LogP contribution in [0.2, 0.25) is 0 Å². The lowest BCUT2D eigenvalue weighted by atomic mass is 9.91. The lowest BCUT2D eigenvalue weighted by Crippen LogP contribution is -2.16. The molecule has 6 heteroatoms. The average Bonchev–Trinajstić information content (AvgIpc) is 3.14. The van der Waals surface area contributed by atoms with E-state index in [0.717, 1.165) is 40.7 Å². The van der Waals surface area contributed by atoms with E-state index in [0.29, 0.717) is 13.2 Å². The quantitative estimate of drug-likeness (QED) is 0.799. The summed E-state index contributed by atoms with van der Waals surface area (Å²) in [6.07, 6.45) is 6.11. The van der Waals surface area contributed by atoms with E-state index in [1.807, 2.05) is 31.3 Å². The summed E-state index contributed by atoms with van der Waals surface area (Å²) in [5, 5.41) is 0. The minimum atomic E-state index is 0.109. The highest BCUT2D eigenvalue weighted by atomic mass is 16.6. The Kier molecular flexibility index (Phi) is 3.86. The highest BCUT2D eigenvalue weighted by Crippen LogP contribution is 2.35. The molecule has 0 amide bonds. The molecule has 1 N–H and O–H groups in total. The van der Waals surface area contributed by atoms with E-state index < -0.39 is 0 Å². The first-order valence-corrected chi connectivity index (χ1v) is 7.96. The van der Waals surface area contributed by atoms with Crippen LogP contribution in [0.1, 0.15) is 28.7 Å². The number of fused-ring (bicyclic) bond motifs is 1. The van der Waals surface area contributed by atoms with Crippen LogP contribution in [0.3, 0.4) is 0 Å². The molecule has 1 aliphatic heterocycles. The Balaban J connectivity index is 1.70. The second-order valence-corrected chi connectivity index (χ2v) is 5.76. The van der Waals surface area contributed by atoms with Gasteiger partial charge in [-0.15, -0.1) is 0 Å². The smallest absolute Gasteiger partial charge is 0.161 e. The van der Waals surface area contributed by atoms with E-state index in [1.54, 1.807) is 12.5 Å². The maximum atomic E-state index is 5.72. The number of rotatable bonds is 4. The summed E-state index contributed by atoms with van der Waals surface area (Å²) in [7, 11) is 0. The Hall–Kier alpha value is -2.89. The number of H-pyrrole nitrogens is 1. The number of aryl methyl sites for hydroxylation is 1. The van der Waals surface area contributed by atoms with E-state index in [4.69, 9.17) is 9.47 Å². The van der Waals surface area contributed by atoms with Gasteiger partial charge in [-0.3, -0.25) is 0 Å². The van der Waals surface area contributed by atoms with Gasteiger partial charge in [0, 0.05) is 36.1 Å². The van der Waals surface area contributed by atoms with Gasteiger partial charge in [-0.25, -0.2) is 15.0 Å². The zero-order valence-electron chi connectivity index (χ0n) is 13.4. The van der Waals surface area contributed by atoms with Crippen LogP contribution >= 0.6 is 0 Å². The van der Waals surface area contributed by atoms with Gasteiger partial charge in [0.15, 0.2) is 11.5 Å². The first-order valence-electron chi connectivity index (χ1n) is 7.96. The van der Waals surface area contributed by atoms with E-state index in [1.165, 1.54) is 0 Å². The van der Waals surface area contributed by atoms with Gasteiger partial charge in [0.1, 0.15) is 19.0 Å². The van der Waals surface area contributed by atoms with Crippen LogP contribution in [0.4, 0.5) is 0 Å². The van der Waals surface area contributed by atoms with Crippen LogP contribution in [0, 0.1) is 6.92 Å². The van der Waals surface area contributed by atoms with Gasteiger partial charge < -0.3 is 14.5 Å². The lowest BCUT2D eigenvalue weighted by Gasteiger charge is -2.21. The lowest BCUT2D eigenvalue weighted by molar-refractivity contribution is 0.171. The normalized spacial score (nSPS) is 14.4. The number of nitrogens with zero attached hydrogens (tertiary/aromatic N) is 3. The van der Waals surface area contributed by atoms with Crippen molar-refractivity contribution in [3.63, 3.8) is 0 Å². The minimum Gasteiger partial charge on any atom is -0.486 e. The Morgan fingerprint density at radius 1 is 1.17 bits per heavy atom. The van der Waals surface area contributed by atoms with Crippen LogP contribution in [0.5, 0.6) is 11.5 Å². The molecule has 3 heterocycles. The molecule has 0 fully saturated rings. The molecule has 0 saturated heterocycles. The Labute approximate surface area is 139 Å². The summed E-state index contributed by atoms with van der Waals surface area (Å²) >= 11 is 0. The zero-order chi connectivity index (χ0) is 16.4. The number of benzene rings is 1. The Bertz CT molecular complexity index is 833. The molecule has 0 bridgehead atoms. The molecule has 0 radical (unpaired) electrons. The summed E-state index contributed by atoms with van der Waals surface area (Å²) < 4.78 is 11.3. The topological polar surface area (TPSA) is 72.9 Å². The summed E-state index contributed by atoms with van der Waals surface area (Å²) in [5.41, 5.74) is 3.18. The number of hydrogen-bond acceptors (Lipinski definition) is 5. The molecule has 0 aliphatic carbocycles. The third-order valence-electron chi connectivity index (χ3n) is 4.11. The van der Waals surface area contributed by atoms with Crippen molar-refractivity contribution in [3.8, 4) is 11.5 Å². The summed E-state index contributed by atoms with van der Waals surface area (Å²) in [4.78, 5) is 16.1. The van der Waals surface area contributed by atoms with Gasteiger partial charge in [0.05, 0.1) is 6.33 Å². The molecule has 0 spiro atoms. The molecular formula is C18H18N4O2. The third kappa shape index (κ3) is 2.95. The molecule has 1 aliphatic rings. The van der Waals surface area contributed by atoms with Gasteiger partial charge in [-0.05, 0) is 30.7 Å². The molecule has 24 heavy (non-hydrogen) atoms. The highest BCUT2D eigenvalue weighted by molar-refractivity contribution is 5.46. The second-order valence-electron chi connectivity index (χ2n) is 5.76. The van der Waals surface area contributed by atoms with Crippen molar-refractivity contribution in [3.05, 3.63) is 65.8 Å². The van der Waals surface area contributed by atoms with Gasteiger partial charge in [-0.2, -0.15) is 0 Å². The second kappa shape index (κ2) is 6.31. The first-order chi connectivity index (χ1) is 11.8. The predicted molar refractivity (Wildman–Crippen MR) is 88.3 cm³/mol. The molecule has 0 saturated carbocycles. The van der Waals surface area contributed by atoms with Crippen LogP contribution in [-0.4, -0.2) is 33.1 Å². The van der Waals surface area contributed by atoms with Crippen LogP contribution in [-0.2, 0) is 6.42 Å². The fraction of sp³-hybridized carbons (Fsp3) is 0.278. The van der Waals surface area contributed by atoms with E-state index in [-0.39, 0.29) is 5.92 Å². The molecular weight excluding hydrogens is 304 g/mol. The largest absolute Gasteiger partial charge is 0.486 e. The fourth-order valence-corrected chi connectivity index (χ4v) is 2.97. The highest BCUT2D eigenvalue weighted by Gasteiger charge is 2.20. The third-order valence-corrected chi connectivity index (χ3v) is 4.11. The van der Waals surface area contributed by atoms with Gasteiger partial charge in [-0.1, -0.05) is 6.07 Å². The Morgan fingerprint density at radius 3 is 2.83 bits per heavy atom. The first kappa shape index (κ1) is 14.7. The number of hydrogen-bond donors (Lipinski definition) is 1.